The summed E-state index contributed by atoms with van der Waals surface area (Å²) in [6.45, 7) is -0.0558. The number of anilines is 1. The largest absolute Gasteiger partial charge is 0.493 e. The van der Waals surface area contributed by atoms with Crippen molar-refractivity contribution >= 4 is 23.1 Å². The van der Waals surface area contributed by atoms with Gasteiger partial charge in [0.15, 0.2) is 11.7 Å². The van der Waals surface area contributed by atoms with Crippen LogP contribution in [0.3, 0.4) is 0 Å². The maximum absolute atomic E-state index is 14.8. The van der Waals surface area contributed by atoms with Gasteiger partial charge in [-0.05, 0) is 31.2 Å². The molecule has 2 atom stereocenters. The number of aromatic nitrogens is 3. The van der Waals surface area contributed by atoms with Gasteiger partial charge in [-0.1, -0.05) is 0 Å². The molecule has 240 valence electrons. The van der Waals surface area contributed by atoms with Crippen LogP contribution in [0.15, 0.2) is 30.6 Å². The summed E-state index contributed by atoms with van der Waals surface area (Å²) in [6.07, 6.45) is -19.6. The molecule has 0 bridgehead atoms. The summed E-state index contributed by atoms with van der Waals surface area (Å²) < 4.78 is 140. The average molecular weight is 644 g/mol. The van der Waals surface area contributed by atoms with Crippen molar-refractivity contribution in [1.82, 2.24) is 24.8 Å². The summed E-state index contributed by atoms with van der Waals surface area (Å²) in [5.41, 5.74) is 3.48. The lowest BCUT2D eigenvalue weighted by molar-refractivity contribution is -0.284. The van der Waals surface area contributed by atoms with Crippen molar-refractivity contribution in [3.63, 3.8) is 0 Å². The monoisotopic (exact) mass is 644 g/mol. The Labute approximate surface area is 240 Å². The Hall–Kier alpha value is -4.32. The van der Waals surface area contributed by atoms with E-state index in [1.165, 1.54) is 12.1 Å². The van der Waals surface area contributed by atoms with Crippen LogP contribution in [0.2, 0.25) is 0 Å². The fourth-order valence-corrected chi connectivity index (χ4v) is 4.71. The third kappa shape index (κ3) is 6.59. The van der Waals surface area contributed by atoms with Crippen molar-refractivity contribution in [2.75, 3.05) is 25.4 Å². The summed E-state index contributed by atoms with van der Waals surface area (Å²) in [5.74, 6) is -7.20. The molecule has 1 aliphatic heterocycles. The number of benzene rings is 1. The SMILES string of the molecule is CCOc1ccc(-c2cc(C(F)(F)F)c3c(N)ncnn23)cc1C(=O)N[C@@H]1CN(C(=O)CC(C(F)(F)F)C(F)(F)F)C[C@@H]1F. The Morgan fingerprint density at radius 1 is 1.07 bits per heavy atom. The molecule has 3 heterocycles. The van der Waals surface area contributed by atoms with Gasteiger partial charge >= 0.3 is 18.5 Å². The zero-order valence-corrected chi connectivity index (χ0v) is 22.3. The number of likely N-dealkylation sites (tertiary alicyclic amines) is 1. The van der Waals surface area contributed by atoms with Crippen LogP contribution in [-0.4, -0.2) is 75.6 Å². The Morgan fingerprint density at radius 3 is 2.32 bits per heavy atom. The molecule has 1 fully saturated rings. The smallest absolute Gasteiger partial charge is 0.418 e. The molecule has 19 heteroatoms. The number of fused-ring (bicyclic) bond motifs is 1. The summed E-state index contributed by atoms with van der Waals surface area (Å²) in [5, 5.41) is 6.05. The van der Waals surface area contributed by atoms with Gasteiger partial charge in [-0.2, -0.15) is 44.6 Å². The van der Waals surface area contributed by atoms with Crippen molar-refractivity contribution in [2.45, 2.75) is 44.1 Å². The van der Waals surface area contributed by atoms with Crippen LogP contribution < -0.4 is 15.8 Å². The highest BCUT2D eigenvalue weighted by Gasteiger charge is 2.57. The first kappa shape index (κ1) is 32.6. The normalized spacial score (nSPS) is 17.9. The molecule has 2 amide bonds. The third-order valence-electron chi connectivity index (χ3n) is 6.79. The fraction of sp³-hybridized carbons (Fsp3) is 0.440. The zero-order chi connectivity index (χ0) is 32.8. The van der Waals surface area contributed by atoms with Crippen LogP contribution >= 0.6 is 0 Å². The number of nitrogens with two attached hydrogens (primary N) is 1. The van der Waals surface area contributed by atoms with E-state index >= 15 is 0 Å². The highest BCUT2D eigenvalue weighted by molar-refractivity contribution is 5.98. The molecular formula is C25H22F10N6O3. The Morgan fingerprint density at radius 2 is 1.73 bits per heavy atom. The standard InChI is InChI=1S/C25H22F10N6O3/c1-2-44-17-4-3-11(16-6-13(23(27,28)29)20-21(36)37-10-38-41(16)20)5-12(17)22(43)39-15-9-40(8-14(15)26)19(42)7-18(24(30,31)32)25(33,34)35/h3-6,10,14-15,18H,2,7-9H2,1H3,(H,39,43)(H2,36,37,38)/t14-,15+/m0/s1. The molecule has 1 aromatic carbocycles. The number of hydrogen-bond acceptors (Lipinski definition) is 6. The topological polar surface area (TPSA) is 115 Å². The van der Waals surface area contributed by atoms with Crippen LogP contribution in [0.1, 0.15) is 29.3 Å². The van der Waals surface area contributed by atoms with Crippen molar-refractivity contribution in [1.29, 1.82) is 0 Å². The molecule has 4 rings (SSSR count). The molecule has 1 saturated heterocycles. The van der Waals surface area contributed by atoms with Gasteiger partial charge in [0.2, 0.25) is 5.91 Å². The lowest BCUT2D eigenvalue weighted by atomic mass is 10.0. The van der Waals surface area contributed by atoms with Gasteiger partial charge in [0.05, 0.1) is 36.0 Å². The number of amides is 2. The molecular weight excluding hydrogens is 622 g/mol. The molecule has 1 aliphatic rings. The molecule has 0 saturated carbocycles. The Kier molecular flexibility index (Phi) is 8.62. The van der Waals surface area contributed by atoms with Crippen molar-refractivity contribution < 1.29 is 58.2 Å². The van der Waals surface area contributed by atoms with E-state index in [1.54, 1.807) is 6.92 Å². The molecule has 0 spiro atoms. The minimum Gasteiger partial charge on any atom is -0.493 e. The first-order valence-electron chi connectivity index (χ1n) is 12.7. The molecule has 0 radical (unpaired) electrons. The Balaban J connectivity index is 1.61. The quantitative estimate of drug-likeness (QED) is 0.357. The minimum absolute atomic E-state index is 0.00701. The second-order valence-corrected chi connectivity index (χ2v) is 9.73. The minimum atomic E-state index is -5.78. The molecule has 44 heavy (non-hydrogen) atoms. The maximum Gasteiger partial charge on any atom is 0.418 e. The van der Waals surface area contributed by atoms with Crippen LogP contribution in [0.4, 0.5) is 49.7 Å². The predicted molar refractivity (Wildman–Crippen MR) is 132 cm³/mol. The molecule has 0 unspecified atom stereocenters. The van der Waals surface area contributed by atoms with E-state index in [2.05, 4.69) is 15.4 Å². The number of nitrogen functional groups attached to an aromatic ring is 1. The number of nitrogens with one attached hydrogen (secondary N) is 1. The van der Waals surface area contributed by atoms with E-state index in [-0.39, 0.29) is 29.2 Å². The second kappa shape index (κ2) is 11.6. The van der Waals surface area contributed by atoms with E-state index in [0.717, 1.165) is 23.0 Å². The van der Waals surface area contributed by atoms with E-state index < -0.39 is 84.9 Å². The first-order valence-corrected chi connectivity index (χ1v) is 12.7. The summed E-state index contributed by atoms with van der Waals surface area (Å²) in [7, 11) is 0. The van der Waals surface area contributed by atoms with E-state index in [4.69, 9.17) is 10.5 Å². The zero-order valence-electron chi connectivity index (χ0n) is 22.3. The molecule has 3 N–H and O–H groups in total. The van der Waals surface area contributed by atoms with Crippen molar-refractivity contribution in [3.8, 4) is 17.0 Å². The predicted octanol–water partition coefficient (Wildman–Crippen LogP) is 4.81. The number of nitrogens with zero attached hydrogens (tertiary/aromatic N) is 4. The van der Waals surface area contributed by atoms with Crippen LogP contribution in [0.5, 0.6) is 5.75 Å². The fourth-order valence-electron chi connectivity index (χ4n) is 4.71. The average Bonchev–Trinajstić information content (AvgIpc) is 3.48. The number of hydrogen-bond donors (Lipinski definition) is 2. The van der Waals surface area contributed by atoms with Gasteiger partial charge in [0.1, 0.15) is 23.8 Å². The van der Waals surface area contributed by atoms with Gasteiger partial charge in [-0.25, -0.2) is 13.9 Å². The lowest BCUT2D eigenvalue weighted by Crippen LogP contribution is -2.43. The van der Waals surface area contributed by atoms with Gasteiger partial charge < -0.3 is 20.7 Å². The lowest BCUT2D eigenvalue weighted by Gasteiger charge is -2.25. The molecule has 3 aromatic rings. The summed E-state index contributed by atoms with van der Waals surface area (Å²) in [4.78, 5) is 29.5. The van der Waals surface area contributed by atoms with Gasteiger partial charge in [0, 0.05) is 18.5 Å². The molecule has 9 nitrogen and oxygen atoms in total. The van der Waals surface area contributed by atoms with Gasteiger partial charge in [-0.15, -0.1) is 0 Å². The first-order chi connectivity index (χ1) is 20.3. The third-order valence-corrected chi connectivity index (χ3v) is 6.79. The van der Waals surface area contributed by atoms with E-state index in [0.29, 0.717) is 4.90 Å². The van der Waals surface area contributed by atoms with Crippen molar-refractivity contribution in [2.24, 2.45) is 5.92 Å². The number of ether oxygens (including phenoxy) is 1. The number of carbonyl (C=O) groups excluding carboxylic acids is 2. The van der Waals surface area contributed by atoms with Gasteiger partial charge in [-0.3, -0.25) is 9.59 Å². The van der Waals surface area contributed by atoms with E-state index in [9.17, 15) is 53.5 Å². The highest BCUT2D eigenvalue weighted by atomic mass is 19.4. The van der Waals surface area contributed by atoms with Crippen molar-refractivity contribution in [3.05, 3.63) is 41.7 Å². The number of halogens is 10. The van der Waals surface area contributed by atoms with Crippen LogP contribution in [0.25, 0.3) is 16.8 Å². The Bertz CT molecular complexity index is 1540. The summed E-state index contributed by atoms with van der Waals surface area (Å²) >= 11 is 0. The molecule has 0 aliphatic carbocycles. The summed E-state index contributed by atoms with van der Waals surface area (Å²) in [6, 6.07) is 2.86. The molecule has 2 aromatic heterocycles. The van der Waals surface area contributed by atoms with E-state index in [1.807, 2.05) is 0 Å². The maximum atomic E-state index is 14.8. The number of carbonyl (C=O) groups is 2. The second-order valence-electron chi connectivity index (χ2n) is 9.73. The van der Waals surface area contributed by atoms with Gasteiger partial charge in [0.25, 0.3) is 5.91 Å². The van der Waals surface area contributed by atoms with Crippen LogP contribution in [0, 0.1) is 5.92 Å². The number of rotatable bonds is 7. The highest BCUT2D eigenvalue weighted by Crippen LogP contribution is 2.42. The van der Waals surface area contributed by atoms with Crippen LogP contribution in [-0.2, 0) is 11.0 Å². The number of alkyl halides is 10.